The van der Waals surface area contributed by atoms with Gasteiger partial charge in [0.05, 0.1) is 40.7 Å². The molecule has 6 nitrogen and oxygen atoms in total. The van der Waals surface area contributed by atoms with Gasteiger partial charge < -0.3 is 24.3 Å². The third-order valence-electron chi connectivity index (χ3n) is 7.08. The highest BCUT2D eigenvalue weighted by Crippen LogP contribution is 2.45. The number of methoxy groups -OCH3 is 1. The van der Waals surface area contributed by atoms with E-state index in [0.29, 0.717) is 46.2 Å². The minimum absolute atomic E-state index is 0.0660. The summed E-state index contributed by atoms with van der Waals surface area (Å²) < 4.78 is 54.4. The van der Waals surface area contributed by atoms with Gasteiger partial charge in [-0.3, -0.25) is 4.98 Å². The van der Waals surface area contributed by atoms with Crippen molar-refractivity contribution in [2.24, 2.45) is 0 Å². The molecular formula is C30H28ClF3N4O2S. The lowest BCUT2D eigenvalue weighted by Gasteiger charge is -2.28. The maximum atomic E-state index is 14.0. The fraction of sp³-hybridized carbons (Fsp3) is 0.267. The Kier molecular flexibility index (Phi) is 8.26. The number of hydrogen-bond acceptors (Lipinski definition) is 4. The van der Waals surface area contributed by atoms with Crippen molar-refractivity contribution in [3.05, 3.63) is 106 Å². The third-order valence-corrected chi connectivity index (χ3v) is 7.69. The van der Waals surface area contributed by atoms with E-state index in [1.54, 1.807) is 43.0 Å². The Hall–Kier alpha value is -3.60. The molecule has 1 aliphatic heterocycles. The Morgan fingerprint density at radius 3 is 2.46 bits per heavy atom. The van der Waals surface area contributed by atoms with Crippen molar-refractivity contribution < 1.29 is 22.6 Å². The lowest BCUT2D eigenvalue weighted by Crippen LogP contribution is -2.29. The summed E-state index contributed by atoms with van der Waals surface area (Å²) in [5.74, 6) is 0.505. The molecule has 0 radical (unpaired) electrons. The first-order chi connectivity index (χ1) is 19.6. The Morgan fingerprint density at radius 2 is 1.78 bits per heavy atom. The van der Waals surface area contributed by atoms with Gasteiger partial charge in [-0.2, -0.15) is 13.2 Å². The molecule has 41 heavy (non-hydrogen) atoms. The summed E-state index contributed by atoms with van der Waals surface area (Å²) in [7, 11) is 1.59. The predicted octanol–water partition coefficient (Wildman–Crippen LogP) is 7.36. The Bertz CT molecular complexity index is 1560. The Morgan fingerprint density at radius 1 is 1.02 bits per heavy atom. The first kappa shape index (κ1) is 28.9. The molecule has 0 spiro atoms. The molecule has 5 rings (SSSR count). The maximum absolute atomic E-state index is 14.0. The number of aromatic nitrogens is 2. The van der Waals surface area contributed by atoms with Gasteiger partial charge in [0.1, 0.15) is 12.4 Å². The molecule has 0 saturated carbocycles. The Balaban J connectivity index is 1.64. The molecule has 2 aromatic heterocycles. The SMILES string of the molecule is COCCOc1ccc(N2C(=S)N[C@@H](c3ccccn3)[C@@H]2c2cc(C)n(-c3ccccc3C(F)(F)F)c2C)cc1Cl. The van der Waals surface area contributed by atoms with Crippen LogP contribution in [-0.4, -0.2) is 35.0 Å². The zero-order valence-electron chi connectivity index (χ0n) is 22.6. The van der Waals surface area contributed by atoms with E-state index in [0.717, 1.165) is 17.3 Å². The summed E-state index contributed by atoms with van der Waals surface area (Å²) in [6.45, 7) is 4.38. The molecule has 1 aliphatic rings. The van der Waals surface area contributed by atoms with Crippen LogP contribution in [0.25, 0.3) is 5.69 Å². The molecule has 0 unspecified atom stereocenters. The van der Waals surface area contributed by atoms with Crippen LogP contribution in [0.1, 0.15) is 40.3 Å². The maximum Gasteiger partial charge on any atom is 0.418 e. The number of hydrogen-bond donors (Lipinski definition) is 1. The summed E-state index contributed by atoms with van der Waals surface area (Å²) in [5, 5.41) is 4.22. The molecule has 0 aliphatic carbocycles. The number of nitrogens with zero attached hydrogens (tertiary/aromatic N) is 3. The number of pyridine rings is 1. The number of ether oxygens (including phenoxy) is 2. The van der Waals surface area contributed by atoms with E-state index in [2.05, 4.69) is 10.3 Å². The topological polar surface area (TPSA) is 51.6 Å². The monoisotopic (exact) mass is 600 g/mol. The van der Waals surface area contributed by atoms with Crippen molar-refractivity contribution in [2.75, 3.05) is 25.2 Å². The van der Waals surface area contributed by atoms with Crippen LogP contribution in [0, 0.1) is 13.8 Å². The lowest BCUT2D eigenvalue weighted by molar-refractivity contribution is -0.137. The van der Waals surface area contributed by atoms with Gasteiger partial charge >= 0.3 is 6.18 Å². The molecule has 2 atom stereocenters. The van der Waals surface area contributed by atoms with Gasteiger partial charge in [-0.05, 0) is 80.2 Å². The lowest BCUT2D eigenvalue weighted by atomic mass is 9.96. The second kappa shape index (κ2) is 11.7. The number of anilines is 1. The molecule has 214 valence electrons. The smallest absolute Gasteiger partial charge is 0.418 e. The van der Waals surface area contributed by atoms with E-state index in [-0.39, 0.29) is 11.7 Å². The minimum atomic E-state index is -4.51. The molecular weight excluding hydrogens is 573 g/mol. The van der Waals surface area contributed by atoms with Crippen molar-refractivity contribution in [1.29, 1.82) is 0 Å². The van der Waals surface area contributed by atoms with Crippen LogP contribution in [-0.2, 0) is 10.9 Å². The van der Waals surface area contributed by atoms with Crippen molar-refractivity contribution >= 4 is 34.6 Å². The zero-order valence-corrected chi connectivity index (χ0v) is 24.1. The summed E-state index contributed by atoms with van der Waals surface area (Å²) in [6, 6.07) is 17.7. The van der Waals surface area contributed by atoms with Gasteiger partial charge in [0, 0.05) is 30.4 Å². The van der Waals surface area contributed by atoms with Gasteiger partial charge in [-0.15, -0.1) is 0 Å². The normalized spacial score (nSPS) is 17.1. The van der Waals surface area contributed by atoms with Crippen LogP contribution >= 0.6 is 23.8 Å². The summed E-state index contributed by atoms with van der Waals surface area (Å²) in [4.78, 5) is 6.51. The fourth-order valence-electron chi connectivity index (χ4n) is 5.31. The van der Waals surface area contributed by atoms with E-state index in [4.69, 9.17) is 33.3 Å². The quantitative estimate of drug-likeness (QED) is 0.168. The van der Waals surface area contributed by atoms with E-state index in [9.17, 15) is 13.2 Å². The van der Waals surface area contributed by atoms with Crippen LogP contribution in [0.5, 0.6) is 5.75 Å². The first-order valence-electron chi connectivity index (χ1n) is 12.9. The number of para-hydroxylation sites is 1. The molecule has 0 bridgehead atoms. The average Bonchev–Trinajstić information content (AvgIpc) is 3.44. The van der Waals surface area contributed by atoms with Crippen molar-refractivity contribution in [1.82, 2.24) is 14.9 Å². The molecule has 1 N–H and O–H groups in total. The number of thiocarbonyl (C=S) groups is 1. The van der Waals surface area contributed by atoms with Gasteiger partial charge in [0.15, 0.2) is 5.11 Å². The van der Waals surface area contributed by atoms with E-state index in [1.165, 1.54) is 12.1 Å². The van der Waals surface area contributed by atoms with Crippen molar-refractivity contribution in [2.45, 2.75) is 32.1 Å². The third kappa shape index (κ3) is 5.64. The number of benzene rings is 2. The largest absolute Gasteiger partial charge is 0.490 e. The molecule has 4 aromatic rings. The standard InChI is InChI=1S/C30H28ClF3N4O2S/c1-18-16-21(19(2)37(18)25-10-5-4-8-22(25)30(32,33)34)28-27(24-9-6-7-13-35-24)36-29(41)38(28)20-11-12-26(23(31)17-20)40-15-14-39-3/h4-13,16-17,27-28H,14-15H2,1-3H3,(H,36,41)/t27-,28-/m0/s1. The average molecular weight is 601 g/mol. The van der Waals surface area contributed by atoms with Crippen LogP contribution in [0.2, 0.25) is 5.02 Å². The van der Waals surface area contributed by atoms with Crippen LogP contribution in [0.15, 0.2) is 72.9 Å². The summed E-state index contributed by atoms with van der Waals surface area (Å²) >= 11 is 12.4. The summed E-state index contributed by atoms with van der Waals surface area (Å²) in [6.07, 6.45) is -2.81. The number of halogens is 4. The highest BCUT2D eigenvalue weighted by atomic mass is 35.5. The molecule has 3 heterocycles. The minimum Gasteiger partial charge on any atom is -0.490 e. The number of nitrogens with one attached hydrogen (secondary N) is 1. The van der Waals surface area contributed by atoms with E-state index >= 15 is 0 Å². The highest BCUT2D eigenvalue weighted by molar-refractivity contribution is 7.80. The number of alkyl halides is 3. The van der Waals surface area contributed by atoms with Crippen molar-refractivity contribution in [3.8, 4) is 11.4 Å². The fourth-order valence-corrected chi connectivity index (χ4v) is 5.88. The molecule has 1 fully saturated rings. The second-order valence-electron chi connectivity index (χ2n) is 9.63. The zero-order chi connectivity index (χ0) is 29.3. The number of aryl methyl sites for hydroxylation is 1. The second-order valence-corrected chi connectivity index (χ2v) is 10.4. The van der Waals surface area contributed by atoms with Gasteiger partial charge in [0.2, 0.25) is 0 Å². The molecule has 0 amide bonds. The molecule has 1 saturated heterocycles. The molecule has 11 heteroatoms. The Labute approximate surface area is 246 Å². The van der Waals surface area contributed by atoms with Gasteiger partial charge in [0.25, 0.3) is 0 Å². The van der Waals surface area contributed by atoms with Crippen LogP contribution < -0.4 is 15.0 Å². The van der Waals surface area contributed by atoms with E-state index in [1.807, 2.05) is 42.2 Å². The number of rotatable bonds is 8. The van der Waals surface area contributed by atoms with Gasteiger partial charge in [-0.1, -0.05) is 29.8 Å². The summed E-state index contributed by atoms with van der Waals surface area (Å²) in [5.41, 5.74) is 2.93. The predicted molar refractivity (Wildman–Crippen MR) is 157 cm³/mol. The van der Waals surface area contributed by atoms with Crippen LogP contribution in [0.3, 0.4) is 0 Å². The first-order valence-corrected chi connectivity index (χ1v) is 13.7. The molecule has 2 aromatic carbocycles. The van der Waals surface area contributed by atoms with Gasteiger partial charge in [-0.25, -0.2) is 0 Å². The van der Waals surface area contributed by atoms with Crippen molar-refractivity contribution in [3.63, 3.8) is 0 Å². The van der Waals surface area contributed by atoms with E-state index < -0.39 is 17.8 Å². The highest BCUT2D eigenvalue weighted by Gasteiger charge is 2.43. The van der Waals surface area contributed by atoms with Crippen LogP contribution in [0.4, 0.5) is 18.9 Å².